The SMILES string of the molecule is C.C.CC/C(=C\Cc1c(O)c2c(c(C)c1OC)COC2=O)CP(=O)(O)O.CC/C(=C\Cc1c(OC)c(C)c2c(c1OCC[Si](C)(C)C)C(=O)OC2)CBr. The molecule has 4 rings (SSSR count). The zero-order valence-electron chi connectivity index (χ0n) is 31.2. The van der Waals surface area contributed by atoms with Gasteiger partial charge in [0.2, 0.25) is 0 Å². The third-order valence-corrected chi connectivity index (χ3v) is 12.3. The van der Waals surface area contributed by atoms with Gasteiger partial charge in [-0.15, -0.1) is 0 Å². The zero-order chi connectivity index (χ0) is 38.3. The minimum Gasteiger partial charge on any atom is -0.507 e. The minimum absolute atomic E-state index is 0. The highest BCUT2D eigenvalue weighted by molar-refractivity contribution is 9.09. The van der Waals surface area contributed by atoms with Crippen LogP contribution < -0.4 is 14.2 Å². The van der Waals surface area contributed by atoms with E-state index in [1.807, 2.05) is 6.92 Å². The van der Waals surface area contributed by atoms with Crippen LogP contribution in [-0.2, 0) is 40.1 Å². The van der Waals surface area contributed by atoms with Gasteiger partial charge in [0.15, 0.2) is 0 Å². The Morgan fingerprint density at radius 2 is 1.30 bits per heavy atom. The van der Waals surface area contributed by atoms with E-state index in [4.69, 9.17) is 33.5 Å². The Hall–Kier alpha value is -3.09. The van der Waals surface area contributed by atoms with Crippen LogP contribution in [0.1, 0.15) is 95.6 Å². The van der Waals surface area contributed by atoms with Crippen molar-refractivity contribution in [2.24, 2.45) is 0 Å². The maximum absolute atomic E-state index is 12.4. The first-order chi connectivity index (χ1) is 23.9. The monoisotopic (exact) mass is 842 g/mol. The van der Waals surface area contributed by atoms with Crippen molar-refractivity contribution in [1.82, 2.24) is 0 Å². The van der Waals surface area contributed by atoms with Crippen molar-refractivity contribution in [3.8, 4) is 23.0 Å². The second-order valence-corrected chi connectivity index (χ2v) is 21.6. The molecule has 0 radical (unpaired) electrons. The molecule has 0 aromatic heterocycles. The molecule has 0 amide bonds. The minimum atomic E-state index is -4.16. The molecule has 53 heavy (non-hydrogen) atoms. The highest BCUT2D eigenvalue weighted by atomic mass is 79.9. The molecule has 2 aliphatic rings. The van der Waals surface area contributed by atoms with E-state index in [0.29, 0.717) is 65.4 Å². The summed E-state index contributed by atoms with van der Waals surface area (Å²) in [4.78, 5) is 42.5. The van der Waals surface area contributed by atoms with Gasteiger partial charge in [-0.3, -0.25) is 4.57 Å². The van der Waals surface area contributed by atoms with Crippen LogP contribution in [0.5, 0.6) is 23.0 Å². The lowest BCUT2D eigenvalue weighted by Gasteiger charge is -2.21. The smallest absolute Gasteiger partial charge is 0.342 e. The molecule has 0 aliphatic carbocycles. The molecule has 11 nitrogen and oxygen atoms in total. The number of aromatic hydroxyl groups is 1. The highest BCUT2D eigenvalue weighted by Crippen LogP contribution is 2.44. The fourth-order valence-electron chi connectivity index (χ4n) is 6.03. The molecule has 0 atom stereocenters. The number of fused-ring (bicyclic) bond motifs is 2. The number of halogens is 1. The lowest BCUT2D eigenvalue weighted by molar-refractivity contribution is 0.0523. The summed E-state index contributed by atoms with van der Waals surface area (Å²) in [5.41, 5.74) is 7.14. The van der Waals surface area contributed by atoms with Gasteiger partial charge in [-0.1, -0.05) is 87.6 Å². The van der Waals surface area contributed by atoms with Crippen LogP contribution in [0.25, 0.3) is 0 Å². The summed E-state index contributed by atoms with van der Waals surface area (Å²) in [6, 6.07) is 1.03. The van der Waals surface area contributed by atoms with E-state index in [-0.39, 0.29) is 51.3 Å². The van der Waals surface area contributed by atoms with Gasteiger partial charge in [-0.05, 0) is 56.7 Å². The van der Waals surface area contributed by atoms with Gasteiger partial charge in [-0.25, -0.2) is 9.59 Å². The van der Waals surface area contributed by atoms with Crippen molar-refractivity contribution in [2.75, 3.05) is 32.3 Å². The summed E-state index contributed by atoms with van der Waals surface area (Å²) >= 11 is 3.54. The lowest BCUT2D eigenvalue weighted by Crippen LogP contribution is -2.23. The number of allylic oxidation sites excluding steroid dienone is 4. The largest absolute Gasteiger partial charge is 0.507 e. The number of alkyl halides is 1. The Kier molecular flexibility index (Phi) is 18.6. The number of esters is 2. The second-order valence-electron chi connectivity index (χ2n) is 13.8. The first-order valence-electron chi connectivity index (χ1n) is 17.0. The molecule has 0 spiro atoms. The molecule has 2 aliphatic heterocycles. The highest BCUT2D eigenvalue weighted by Gasteiger charge is 2.34. The molecule has 2 heterocycles. The van der Waals surface area contributed by atoms with Crippen LogP contribution in [0.2, 0.25) is 25.7 Å². The standard InChI is InChI=1S/C21H31BrO4Si.C16H21O7P.2CH4/c1-7-15(12-22)8-9-16-19(24-3)14(2)17-13-26-21(23)18(17)20(16)25-10-11-27(4,5)6;1-4-10(8-24(19,20)21)5-6-11-14(17)13-12(7-23-16(13)18)9(2)15(11)22-3;;/h8H,7,9-13H2,1-6H3;5,17H,4,6-8H2,1-3H3,(H2,19,20,21);2*1H4/b15-8+;10-5+;;. The maximum Gasteiger partial charge on any atom is 0.342 e. The topological polar surface area (TPSA) is 158 Å². The Balaban J connectivity index is 0.000000514. The quantitative estimate of drug-likeness (QED) is 0.0516. The van der Waals surface area contributed by atoms with Crippen molar-refractivity contribution >= 4 is 43.5 Å². The Morgan fingerprint density at radius 3 is 1.77 bits per heavy atom. The third-order valence-electron chi connectivity index (χ3n) is 9.05. The number of ether oxygens (including phenoxy) is 5. The lowest BCUT2D eigenvalue weighted by atomic mass is 9.94. The Labute approximate surface area is 325 Å². The number of phenolic OH excluding ortho intramolecular Hbond substituents is 1. The molecular formula is C39H60BrO11PSi. The molecular weight excluding hydrogens is 783 g/mol. The van der Waals surface area contributed by atoms with Gasteiger partial charge in [0.25, 0.3) is 0 Å². The van der Waals surface area contributed by atoms with Crippen molar-refractivity contribution in [3.05, 3.63) is 67.8 Å². The van der Waals surface area contributed by atoms with E-state index in [0.717, 1.165) is 40.2 Å². The van der Waals surface area contributed by atoms with Gasteiger partial charge in [0.05, 0.1) is 27.0 Å². The van der Waals surface area contributed by atoms with Crippen LogP contribution in [0.3, 0.4) is 0 Å². The predicted octanol–water partition coefficient (Wildman–Crippen LogP) is 9.37. The van der Waals surface area contributed by atoms with Crippen LogP contribution in [0, 0.1) is 13.8 Å². The molecule has 0 bridgehead atoms. The summed E-state index contributed by atoms with van der Waals surface area (Å²) in [5.74, 6) is 0.834. The molecule has 2 aromatic carbocycles. The van der Waals surface area contributed by atoms with E-state index in [1.54, 1.807) is 27.0 Å². The average Bonchev–Trinajstić information content (AvgIpc) is 3.65. The molecule has 14 heteroatoms. The van der Waals surface area contributed by atoms with Crippen LogP contribution in [0.15, 0.2) is 23.3 Å². The molecule has 0 unspecified atom stereocenters. The van der Waals surface area contributed by atoms with Crippen LogP contribution >= 0.6 is 23.5 Å². The first-order valence-corrected chi connectivity index (χ1v) is 23.6. The van der Waals surface area contributed by atoms with Crippen molar-refractivity contribution < 1.29 is 52.7 Å². The van der Waals surface area contributed by atoms with E-state index in [2.05, 4.69) is 48.6 Å². The molecule has 0 saturated heterocycles. The molecule has 298 valence electrons. The summed E-state index contributed by atoms with van der Waals surface area (Å²) in [5, 5.41) is 11.3. The number of benzene rings is 2. The Morgan fingerprint density at radius 1 is 0.830 bits per heavy atom. The molecule has 3 N–H and O–H groups in total. The van der Waals surface area contributed by atoms with E-state index in [1.165, 1.54) is 12.7 Å². The molecule has 0 saturated carbocycles. The number of rotatable bonds is 15. The fourth-order valence-corrected chi connectivity index (χ4v) is 8.25. The van der Waals surface area contributed by atoms with E-state index >= 15 is 0 Å². The van der Waals surface area contributed by atoms with Gasteiger partial charge in [0, 0.05) is 35.7 Å². The number of hydrogen-bond acceptors (Lipinski definition) is 9. The van der Waals surface area contributed by atoms with Gasteiger partial charge in [-0.2, -0.15) is 0 Å². The van der Waals surface area contributed by atoms with Crippen LogP contribution in [-0.4, -0.2) is 67.2 Å². The molecule has 0 fully saturated rings. The third kappa shape index (κ3) is 11.9. The number of hydrogen-bond donors (Lipinski definition) is 3. The van der Waals surface area contributed by atoms with Gasteiger partial charge >= 0.3 is 19.5 Å². The van der Waals surface area contributed by atoms with E-state index < -0.39 is 21.6 Å². The second kappa shape index (κ2) is 20.5. The number of carbonyl (C=O) groups excluding carboxylic acids is 2. The normalized spacial score (nSPS) is 13.8. The van der Waals surface area contributed by atoms with E-state index in [9.17, 15) is 19.3 Å². The van der Waals surface area contributed by atoms with Crippen molar-refractivity contribution in [2.45, 2.75) is 107 Å². The summed E-state index contributed by atoms with van der Waals surface area (Å²) in [6.45, 7) is 15.7. The number of carbonyl (C=O) groups is 2. The summed E-state index contributed by atoms with van der Waals surface area (Å²) in [6.07, 6.45) is 5.83. The van der Waals surface area contributed by atoms with Gasteiger partial charge < -0.3 is 38.6 Å². The summed E-state index contributed by atoms with van der Waals surface area (Å²) < 4.78 is 38.8. The van der Waals surface area contributed by atoms with Crippen LogP contribution in [0.4, 0.5) is 0 Å². The fraction of sp³-hybridized carbons (Fsp3) is 0.538. The Bertz CT molecular complexity index is 1730. The first kappa shape index (κ1) is 47.9. The van der Waals surface area contributed by atoms with Crippen molar-refractivity contribution in [1.29, 1.82) is 0 Å². The maximum atomic E-state index is 12.4. The number of methoxy groups -OCH3 is 2. The van der Waals surface area contributed by atoms with Gasteiger partial charge in [0.1, 0.15) is 47.3 Å². The predicted molar refractivity (Wildman–Crippen MR) is 217 cm³/mol. The average molecular weight is 844 g/mol. The molecule has 2 aromatic rings. The number of cyclic esters (lactones) is 2. The number of phenols is 1. The summed E-state index contributed by atoms with van der Waals surface area (Å²) in [7, 11) is -2.26. The zero-order valence-corrected chi connectivity index (χ0v) is 34.6. The van der Waals surface area contributed by atoms with Crippen molar-refractivity contribution in [3.63, 3.8) is 0 Å².